The lowest BCUT2D eigenvalue weighted by Gasteiger charge is -2.33. The molecule has 5 heteroatoms. The van der Waals surface area contributed by atoms with E-state index >= 15 is 0 Å². The fourth-order valence-corrected chi connectivity index (χ4v) is 4.15. The SMILES string of the molecule is CC(C)CNCC(OCc1ccccc1)C(CC1CCCCC1)NC(=O)OC(C)(C)C. The Morgan fingerprint density at radius 2 is 1.74 bits per heavy atom. The van der Waals surface area contributed by atoms with Crippen LogP contribution in [0.15, 0.2) is 30.3 Å². The molecule has 2 unspecified atom stereocenters. The summed E-state index contributed by atoms with van der Waals surface area (Å²) in [4.78, 5) is 12.7. The van der Waals surface area contributed by atoms with Crippen molar-refractivity contribution in [3.8, 4) is 0 Å². The molecule has 0 spiro atoms. The number of carbonyl (C=O) groups excluding carboxylic acids is 1. The summed E-state index contributed by atoms with van der Waals surface area (Å²) in [5.41, 5.74) is 0.625. The number of rotatable bonds is 11. The number of amides is 1. The average Bonchev–Trinajstić information content (AvgIpc) is 2.70. The third-order valence-electron chi connectivity index (χ3n) is 5.67. The summed E-state index contributed by atoms with van der Waals surface area (Å²) < 4.78 is 12.0. The smallest absolute Gasteiger partial charge is 0.407 e. The van der Waals surface area contributed by atoms with Crippen molar-refractivity contribution in [3.63, 3.8) is 0 Å². The molecule has 0 radical (unpaired) electrons. The highest BCUT2D eigenvalue weighted by Gasteiger charge is 2.29. The van der Waals surface area contributed by atoms with Crippen LogP contribution >= 0.6 is 0 Å². The highest BCUT2D eigenvalue weighted by atomic mass is 16.6. The van der Waals surface area contributed by atoms with Gasteiger partial charge < -0.3 is 20.1 Å². The Morgan fingerprint density at radius 3 is 2.35 bits per heavy atom. The molecule has 0 aromatic heterocycles. The molecule has 0 aliphatic heterocycles. The summed E-state index contributed by atoms with van der Waals surface area (Å²) in [5.74, 6) is 1.19. The van der Waals surface area contributed by atoms with Crippen molar-refractivity contribution in [2.24, 2.45) is 11.8 Å². The monoisotopic (exact) mass is 432 g/mol. The summed E-state index contributed by atoms with van der Waals surface area (Å²) in [6.45, 7) is 12.3. The largest absolute Gasteiger partial charge is 0.444 e. The molecule has 2 atom stereocenters. The summed E-state index contributed by atoms with van der Waals surface area (Å²) in [5, 5.41) is 6.71. The maximum Gasteiger partial charge on any atom is 0.407 e. The van der Waals surface area contributed by atoms with E-state index in [0.29, 0.717) is 25.0 Å². The molecule has 1 fully saturated rings. The van der Waals surface area contributed by atoms with E-state index in [1.807, 2.05) is 39.0 Å². The van der Waals surface area contributed by atoms with Gasteiger partial charge >= 0.3 is 6.09 Å². The Hall–Kier alpha value is -1.59. The lowest BCUT2D eigenvalue weighted by molar-refractivity contribution is -0.000321. The van der Waals surface area contributed by atoms with Gasteiger partial charge in [-0.1, -0.05) is 76.3 Å². The van der Waals surface area contributed by atoms with Gasteiger partial charge in [0.15, 0.2) is 0 Å². The van der Waals surface area contributed by atoms with E-state index in [-0.39, 0.29) is 18.2 Å². The highest BCUT2D eigenvalue weighted by molar-refractivity contribution is 5.68. The second kappa shape index (κ2) is 13.1. The van der Waals surface area contributed by atoms with E-state index in [4.69, 9.17) is 9.47 Å². The number of hydrogen-bond acceptors (Lipinski definition) is 4. The van der Waals surface area contributed by atoms with Crippen LogP contribution in [0.4, 0.5) is 4.79 Å². The minimum atomic E-state index is -0.518. The van der Waals surface area contributed by atoms with E-state index in [9.17, 15) is 4.79 Å². The first-order valence-corrected chi connectivity index (χ1v) is 12.1. The zero-order valence-electron chi connectivity index (χ0n) is 20.3. The Bertz CT molecular complexity index is 621. The van der Waals surface area contributed by atoms with Crippen molar-refractivity contribution in [2.75, 3.05) is 13.1 Å². The summed E-state index contributed by atoms with van der Waals surface area (Å²) in [7, 11) is 0. The molecular weight excluding hydrogens is 388 g/mol. The van der Waals surface area contributed by atoms with Crippen LogP contribution in [0.2, 0.25) is 0 Å². The molecule has 0 heterocycles. The van der Waals surface area contributed by atoms with Crippen LogP contribution in [-0.2, 0) is 16.1 Å². The molecule has 0 bridgehead atoms. The van der Waals surface area contributed by atoms with Gasteiger partial charge in [-0.05, 0) is 51.1 Å². The van der Waals surface area contributed by atoms with Crippen LogP contribution in [0.1, 0.15) is 78.7 Å². The fourth-order valence-electron chi connectivity index (χ4n) is 4.15. The van der Waals surface area contributed by atoms with Crippen molar-refractivity contribution in [1.82, 2.24) is 10.6 Å². The average molecular weight is 433 g/mol. The number of benzene rings is 1. The summed E-state index contributed by atoms with van der Waals surface area (Å²) in [6, 6.07) is 10.2. The van der Waals surface area contributed by atoms with E-state index in [1.54, 1.807) is 0 Å². The molecule has 1 aliphatic carbocycles. The van der Waals surface area contributed by atoms with Crippen LogP contribution in [0.25, 0.3) is 0 Å². The topological polar surface area (TPSA) is 59.6 Å². The highest BCUT2D eigenvalue weighted by Crippen LogP contribution is 2.28. The first kappa shape index (κ1) is 25.7. The molecule has 31 heavy (non-hydrogen) atoms. The Labute approximate surface area is 189 Å². The van der Waals surface area contributed by atoms with Gasteiger partial charge in [0.1, 0.15) is 5.60 Å². The van der Waals surface area contributed by atoms with Crippen LogP contribution in [-0.4, -0.2) is 36.9 Å². The van der Waals surface area contributed by atoms with E-state index in [2.05, 4.69) is 36.6 Å². The van der Waals surface area contributed by atoms with E-state index in [0.717, 1.165) is 18.5 Å². The molecule has 1 saturated carbocycles. The van der Waals surface area contributed by atoms with Crippen molar-refractivity contribution in [1.29, 1.82) is 0 Å². The van der Waals surface area contributed by atoms with Gasteiger partial charge in [0.25, 0.3) is 0 Å². The third kappa shape index (κ3) is 11.0. The molecule has 1 aliphatic rings. The van der Waals surface area contributed by atoms with E-state index in [1.165, 1.54) is 32.1 Å². The Balaban J connectivity index is 2.10. The van der Waals surface area contributed by atoms with Crippen LogP contribution < -0.4 is 10.6 Å². The first-order valence-electron chi connectivity index (χ1n) is 12.1. The summed E-state index contributed by atoms with van der Waals surface area (Å²) >= 11 is 0. The predicted octanol–water partition coefficient (Wildman–Crippen LogP) is 5.68. The van der Waals surface area contributed by atoms with Crippen molar-refractivity contribution < 1.29 is 14.3 Å². The minimum absolute atomic E-state index is 0.0821. The maximum atomic E-state index is 12.7. The number of ether oxygens (including phenoxy) is 2. The van der Waals surface area contributed by atoms with Gasteiger partial charge in [0.05, 0.1) is 18.8 Å². The van der Waals surface area contributed by atoms with Gasteiger partial charge in [0.2, 0.25) is 0 Å². The summed E-state index contributed by atoms with van der Waals surface area (Å²) in [6.07, 6.45) is 6.82. The normalized spacial score (nSPS) is 17.4. The predicted molar refractivity (Wildman–Crippen MR) is 127 cm³/mol. The standard InChI is InChI=1S/C26H44N2O3/c1-20(2)17-27-18-24(30-19-22-14-10-7-11-15-22)23(16-21-12-8-6-9-13-21)28-25(29)31-26(3,4)5/h7,10-11,14-15,20-21,23-24,27H,6,8-9,12-13,16-19H2,1-5H3,(H,28,29). The van der Waals surface area contributed by atoms with Crippen LogP contribution in [0.3, 0.4) is 0 Å². The third-order valence-corrected chi connectivity index (χ3v) is 5.67. The van der Waals surface area contributed by atoms with Crippen molar-refractivity contribution in [3.05, 3.63) is 35.9 Å². The second-order valence-electron chi connectivity index (χ2n) is 10.4. The molecule has 1 amide bonds. The lowest BCUT2D eigenvalue weighted by atomic mass is 9.83. The molecule has 2 rings (SSSR count). The quantitative estimate of drug-likeness (QED) is 0.472. The van der Waals surface area contributed by atoms with Crippen LogP contribution in [0.5, 0.6) is 0 Å². The number of hydrogen-bond donors (Lipinski definition) is 2. The van der Waals surface area contributed by atoms with Gasteiger partial charge in [-0.3, -0.25) is 0 Å². The number of nitrogens with one attached hydrogen (secondary N) is 2. The number of alkyl carbamates (subject to hydrolysis) is 1. The minimum Gasteiger partial charge on any atom is -0.444 e. The van der Waals surface area contributed by atoms with Crippen molar-refractivity contribution in [2.45, 2.75) is 97.5 Å². The first-order chi connectivity index (χ1) is 14.7. The molecule has 1 aromatic rings. The molecule has 5 nitrogen and oxygen atoms in total. The zero-order chi connectivity index (χ0) is 22.7. The van der Waals surface area contributed by atoms with Gasteiger partial charge in [-0.25, -0.2) is 4.79 Å². The van der Waals surface area contributed by atoms with E-state index < -0.39 is 5.60 Å². The van der Waals surface area contributed by atoms with Gasteiger partial charge in [0, 0.05) is 6.54 Å². The molecule has 176 valence electrons. The molecular formula is C26H44N2O3. The number of carbonyl (C=O) groups is 1. The van der Waals surface area contributed by atoms with Crippen molar-refractivity contribution >= 4 is 6.09 Å². The Kier molecular flexibility index (Phi) is 10.8. The second-order valence-corrected chi connectivity index (χ2v) is 10.4. The Morgan fingerprint density at radius 1 is 1.06 bits per heavy atom. The fraction of sp³-hybridized carbons (Fsp3) is 0.731. The molecule has 0 saturated heterocycles. The van der Waals surface area contributed by atoms with Crippen LogP contribution in [0, 0.1) is 11.8 Å². The van der Waals surface area contributed by atoms with Gasteiger partial charge in [-0.15, -0.1) is 0 Å². The zero-order valence-corrected chi connectivity index (χ0v) is 20.3. The lowest BCUT2D eigenvalue weighted by Crippen LogP contribution is -2.51. The maximum absolute atomic E-state index is 12.7. The van der Waals surface area contributed by atoms with Gasteiger partial charge in [-0.2, -0.15) is 0 Å². The molecule has 1 aromatic carbocycles. The molecule has 2 N–H and O–H groups in total.